The first-order chi connectivity index (χ1) is 17.6. The molecule has 204 valence electrons. The lowest BCUT2D eigenvalue weighted by molar-refractivity contribution is -0.0609. The van der Waals surface area contributed by atoms with E-state index in [9.17, 15) is 10.2 Å². The number of nitrogens with zero attached hydrogens (tertiary/aromatic N) is 4. The number of aliphatic hydroxyl groups excluding tert-OH is 2. The molecule has 1 aliphatic heterocycles. The van der Waals surface area contributed by atoms with Crippen molar-refractivity contribution in [2.75, 3.05) is 24.7 Å². The van der Waals surface area contributed by atoms with Crippen LogP contribution in [0.15, 0.2) is 6.33 Å². The quantitative estimate of drug-likeness (QED) is 0.219. The number of fused-ring (bicyclic) bond motifs is 1. The third-order valence-corrected chi connectivity index (χ3v) is 7.04. The molecule has 0 saturated carbocycles. The molecule has 3 heterocycles. The third kappa shape index (κ3) is 7.99. The Bertz CT molecular complexity index is 895. The van der Waals surface area contributed by atoms with E-state index in [-0.39, 0.29) is 18.4 Å². The fraction of sp³-hybridized carbons (Fsp3) is 0.808. The van der Waals surface area contributed by atoms with Gasteiger partial charge in [-0.05, 0) is 6.42 Å². The van der Waals surface area contributed by atoms with E-state index in [1.165, 1.54) is 83.4 Å². The van der Waals surface area contributed by atoms with Crippen LogP contribution in [0.1, 0.15) is 103 Å². The zero-order chi connectivity index (χ0) is 25.8. The number of aliphatic hydroxyl groups is 2. The van der Waals surface area contributed by atoms with Gasteiger partial charge in [-0.25, -0.2) is 4.98 Å². The summed E-state index contributed by atoms with van der Waals surface area (Å²) < 4.78 is 13.4. The summed E-state index contributed by atoms with van der Waals surface area (Å²) in [5, 5.41) is 20.7. The van der Waals surface area contributed by atoms with Crippen LogP contribution < -0.4 is 11.5 Å². The van der Waals surface area contributed by atoms with Crippen LogP contribution in [-0.2, 0) is 9.47 Å². The molecule has 1 aliphatic rings. The van der Waals surface area contributed by atoms with Crippen molar-refractivity contribution in [3.63, 3.8) is 0 Å². The molecule has 0 bridgehead atoms. The van der Waals surface area contributed by atoms with E-state index in [2.05, 4.69) is 21.9 Å². The number of rotatable bonds is 18. The average Bonchev–Trinajstić information content (AvgIpc) is 3.42. The lowest BCUT2D eigenvalue weighted by Gasteiger charge is -2.20. The smallest absolute Gasteiger partial charge is 0.224 e. The van der Waals surface area contributed by atoms with Gasteiger partial charge in [0.25, 0.3) is 0 Å². The number of ether oxygens (including phenoxy) is 2. The van der Waals surface area contributed by atoms with Crippen molar-refractivity contribution < 1.29 is 19.7 Å². The second-order valence-corrected chi connectivity index (χ2v) is 9.96. The molecule has 10 nitrogen and oxygen atoms in total. The molecule has 10 heteroatoms. The van der Waals surface area contributed by atoms with Crippen molar-refractivity contribution in [1.82, 2.24) is 19.5 Å². The molecule has 0 radical (unpaired) electrons. The standard InChI is InChI=1S/C26H46N6O4/c1-2-3-4-5-6-7-8-9-10-11-12-13-14-15-16-35-22-19(17-33)36-25(21(22)34)32-18-29-20-23(27)30-26(28)31-24(20)32/h18-19,21-22,25,33-34H,2-17H2,1H3,(H4,27,28,30,31)/t19-,21+,22?,25-/m1/s1. The molecule has 6 N–H and O–H groups in total. The zero-order valence-corrected chi connectivity index (χ0v) is 21.9. The van der Waals surface area contributed by atoms with Crippen LogP contribution in [0, 0.1) is 0 Å². The van der Waals surface area contributed by atoms with Crippen LogP contribution in [0.3, 0.4) is 0 Å². The summed E-state index contributed by atoms with van der Waals surface area (Å²) in [7, 11) is 0. The van der Waals surface area contributed by atoms with Crippen molar-refractivity contribution >= 4 is 22.9 Å². The third-order valence-electron chi connectivity index (χ3n) is 7.04. The molecular formula is C26H46N6O4. The van der Waals surface area contributed by atoms with Gasteiger partial charge in [0.2, 0.25) is 5.95 Å². The van der Waals surface area contributed by atoms with Gasteiger partial charge in [-0.15, -0.1) is 0 Å². The molecule has 1 unspecified atom stereocenters. The second-order valence-electron chi connectivity index (χ2n) is 9.96. The van der Waals surface area contributed by atoms with Crippen LogP contribution in [0.5, 0.6) is 0 Å². The average molecular weight is 507 g/mol. The molecule has 1 saturated heterocycles. The monoisotopic (exact) mass is 506 g/mol. The summed E-state index contributed by atoms with van der Waals surface area (Å²) in [4.78, 5) is 12.3. The van der Waals surface area contributed by atoms with Gasteiger partial charge in [0.15, 0.2) is 17.7 Å². The van der Waals surface area contributed by atoms with Gasteiger partial charge < -0.3 is 31.2 Å². The normalized spacial score (nSPS) is 22.1. The Hall–Kier alpha value is -2.01. The molecule has 4 atom stereocenters. The topological polar surface area (TPSA) is 155 Å². The fourth-order valence-electron chi connectivity index (χ4n) is 4.96. The van der Waals surface area contributed by atoms with E-state index in [1.54, 1.807) is 4.57 Å². The zero-order valence-electron chi connectivity index (χ0n) is 21.9. The van der Waals surface area contributed by atoms with Crippen LogP contribution in [0.25, 0.3) is 11.2 Å². The minimum absolute atomic E-state index is 0.0125. The molecule has 3 rings (SSSR count). The van der Waals surface area contributed by atoms with Gasteiger partial charge in [-0.2, -0.15) is 9.97 Å². The molecule has 2 aromatic rings. The van der Waals surface area contributed by atoms with Crippen molar-refractivity contribution in [3.05, 3.63) is 6.33 Å². The van der Waals surface area contributed by atoms with Gasteiger partial charge in [-0.3, -0.25) is 4.57 Å². The predicted molar refractivity (Wildman–Crippen MR) is 141 cm³/mol. The van der Waals surface area contributed by atoms with Gasteiger partial charge in [0.05, 0.1) is 12.9 Å². The number of hydrogen-bond donors (Lipinski definition) is 4. The summed E-state index contributed by atoms with van der Waals surface area (Å²) in [6.45, 7) is 2.52. The summed E-state index contributed by atoms with van der Waals surface area (Å²) in [5.74, 6) is 0.173. The van der Waals surface area contributed by atoms with Gasteiger partial charge in [0.1, 0.15) is 23.8 Å². The Kier molecular flexibility index (Phi) is 12.1. The summed E-state index contributed by atoms with van der Waals surface area (Å²) in [5.41, 5.74) is 12.4. The Morgan fingerprint density at radius 1 is 0.917 bits per heavy atom. The number of unbranched alkanes of at least 4 members (excludes halogenated alkanes) is 13. The number of aromatic nitrogens is 4. The van der Waals surface area contributed by atoms with E-state index in [4.69, 9.17) is 20.9 Å². The van der Waals surface area contributed by atoms with Crippen LogP contribution in [-0.4, -0.2) is 61.3 Å². The van der Waals surface area contributed by atoms with E-state index >= 15 is 0 Å². The first kappa shape index (κ1) is 28.6. The molecule has 0 spiro atoms. The number of nitrogen functional groups attached to an aromatic ring is 2. The van der Waals surface area contributed by atoms with Crippen molar-refractivity contribution in [3.8, 4) is 0 Å². The van der Waals surface area contributed by atoms with Gasteiger partial charge in [-0.1, -0.05) is 90.4 Å². The predicted octanol–water partition coefficient (Wildman–Crippen LogP) is 4.11. The van der Waals surface area contributed by atoms with Crippen molar-refractivity contribution in [1.29, 1.82) is 0 Å². The number of hydrogen-bond acceptors (Lipinski definition) is 9. The second kappa shape index (κ2) is 15.3. The fourth-order valence-corrected chi connectivity index (χ4v) is 4.96. The van der Waals surface area contributed by atoms with Crippen LogP contribution in [0.4, 0.5) is 11.8 Å². The number of nitrogens with two attached hydrogens (primary N) is 2. The first-order valence-electron chi connectivity index (χ1n) is 13.9. The molecule has 0 amide bonds. The summed E-state index contributed by atoms with van der Waals surface area (Å²) >= 11 is 0. The molecule has 1 fully saturated rings. The number of anilines is 2. The maximum atomic E-state index is 10.9. The van der Waals surface area contributed by atoms with E-state index in [1.807, 2.05) is 0 Å². The molecule has 0 aliphatic carbocycles. The highest BCUT2D eigenvalue weighted by Crippen LogP contribution is 2.34. The Morgan fingerprint density at radius 3 is 2.08 bits per heavy atom. The van der Waals surface area contributed by atoms with E-state index in [0.29, 0.717) is 17.8 Å². The van der Waals surface area contributed by atoms with Crippen LogP contribution in [0.2, 0.25) is 0 Å². The number of imidazole rings is 1. The highest BCUT2D eigenvalue weighted by atomic mass is 16.6. The van der Waals surface area contributed by atoms with Gasteiger partial charge >= 0.3 is 0 Å². The van der Waals surface area contributed by atoms with Crippen molar-refractivity contribution in [2.45, 2.75) is 121 Å². The first-order valence-corrected chi connectivity index (χ1v) is 13.9. The minimum atomic E-state index is -0.997. The van der Waals surface area contributed by atoms with Gasteiger partial charge in [0, 0.05) is 6.61 Å². The van der Waals surface area contributed by atoms with Crippen LogP contribution >= 0.6 is 0 Å². The van der Waals surface area contributed by atoms with E-state index < -0.39 is 24.5 Å². The highest BCUT2D eigenvalue weighted by molar-refractivity contribution is 5.82. The molecular weight excluding hydrogens is 460 g/mol. The highest BCUT2D eigenvalue weighted by Gasteiger charge is 2.45. The molecule has 2 aromatic heterocycles. The molecule has 36 heavy (non-hydrogen) atoms. The maximum Gasteiger partial charge on any atom is 0.224 e. The van der Waals surface area contributed by atoms with E-state index in [0.717, 1.165) is 12.8 Å². The Balaban J connectivity index is 1.31. The largest absolute Gasteiger partial charge is 0.394 e. The minimum Gasteiger partial charge on any atom is -0.394 e. The Morgan fingerprint density at radius 2 is 1.50 bits per heavy atom. The Labute approximate surface area is 214 Å². The SMILES string of the molecule is CCCCCCCCCCCCCCCCOC1[C@@H](CO)O[C@@H](n2cnc3c(N)nc(N)nc32)[C@H]1O. The summed E-state index contributed by atoms with van der Waals surface area (Å²) in [6.07, 6.45) is 16.5. The molecule has 0 aromatic carbocycles. The van der Waals surface area contributed by atoms with Crippen molar-refractivity contribution in [2.24, 2.45) is 0 Å². The summed E-state index contributed by atoms with van der Waals surface area (Å²) in [6, 6.07) is 0. The lowest BCUT2D eigenvalue weighted by Crippen LogP contribution is -2.36. The lowest BCUT2D eigenvalue weighted by atomic mass is 10.0. The maximum absolute atomic E-state index is 10.9.